The average Bonchev–Trinajstić information content (AvgIpc) is 2.75. The molecule has 100 valence electrons. The molecule has 2 aromatic rings. The smallest absolute Gasteiger partial charge is 0.325 e. The Kier molecular flexibility index (Phi) is 4.74. The molecule has 1 unspecified atom stereocenters. The van der Waals surface area contributed by atoms with Gasteiger partial charge in [-0.1, -0.05) is 30.3 Å². The van der Waals surface area contributed by atoms with E-state index in [-0.39, 0.29) is 0 Å². The number of likely N-dealkylation sites (N-methyl/N-ethyl adjacent to an activating group) is 1. The van der Waals surface area contributed by atoms with Gasteiger partial charge in [0, 0.05) is 21.3 Å². The third-order valence-corrected chi connectivity index (χ3v) is 4.50. The van der Waals surface area contributed by atoms with Crippen LogP contribution in [0.3, 0.4) is 0 Å². The van der Waals surface area contributed by atoms with E-state index >= 15 is 0 Å². The van der Waals surface area contributed by atoms with Crippen LogP contribution >= 0.6 is 27.3 Å². The lowest BCUT2D eigenvalue weighted by Gasteiger charge is -2.24. The van der Waals surface area contributed by atoms with Crippen molar-refractivity contribution >= 4 is 33.2 Å². The van der Waals surface area contributed by atoms with Crippen molar-refractivity contribution in [3.8, 4) is 0 Å². The second-order valence-electron chi connectivity index (χ2n) is 4.30. The Balaban J connectivity index is 2.18. The predicted molar refractivity (Wildman–Crippen MR) is 80.3 cm³/mol. The Hall–Kier alpha value is -1.17. The summed E-state index contributed by atoms with van der Waals surface area (Å²) in [4.78, 5) is 14.5. The zero-order valence-electron chi connectivity index (χ0n) is 10.4. The Labute approximate surface area is 124 Å². The van der Waals surface area contributed by atoms with Crippen LogP contribution in [0, 0.1) is 0 Å². The monoisotopic (exact) mass is 339 g/mol. The summed E-state index contributed by atoms with van der Waals surface area (Å²) in [5.41, 5.74) is 0.799. The van der Waals surface area contributed by atoms with Gasteiger partial charge in [-0.3, -0.25) is 9.69 Å². The molecule has 1 atom stereocenters. The van der Waals surface area contributed by atoms with E-state index in [1.807, 2.05) is 53.7 Å². The van der Waals surface area contributed by atoms with Gasteiger partial charge < -0.3 is 5.11 Å². The van der Waals surface area contributed by atoms with Crippen LogP contribution in [0.5, 0.6) is 0 Å². The minimum atomic E-state index is -0.829. The number of carbonyl (C=O) groups is 1. The van der Waals surface area contributed by atoms with Crippen molar-refractivity contribution < 1.29 is 9.90 Å². The van der Waals surface area contributed by atoms with E-state index in [4.69, 9.17) is 0 Å². The molecule has 0 aliphatic heterocycles. The standard InChI is InChI=1S/C14H14BrNO2S/c1-16(8-12-7-11(15)9-19-12)13(14(17)18)10-5-3-2-4-6-10/h2-7,9,13H,8H2,1H3,(H,17,18). The molecule has 1 aromatic heterocycles. The van der Waals surface area contributed by atoms with Crippen LogP contribution in [0.4, 0.5) is 0 Å². The van der Waals surface area contributed by atoms with Gasteiger partial charge in [0.2, 0.25) is 0 Å². The van der Waals surface area contributed by atoms with Gasteiger partial charge in [-0.25, -0.2) is 0 Å². The minimum absolute atomic E-state index is 0.613. The Morgan fingerprint density at radius 3 is 2.63 bits per heavy atom. The van der Waals surface area contributed by atoms with Crippen molar-refractivity contribution in [2.75, 3.05) is 7.05 Å². The molecular formula is C14H14BrNO2S. The van der Waals surface area contributed by atoms with E-state index in [1.54, 1.807) is 11.3 Å². The lowest BCUT2D eigenvalue weighted by molar-refractivity contribution is -0.143. The van der Waals surface area contributed by atoms with Crippen molar-refractivity contribution in [2.24, 2.45) is 0 Å². The summed E-state index contributed by atoms with van der Waals surface area (Å²) in [5.74, 6) is -0.829. The Bertz CT molecular complexity index is 556. The number of nitrogens with zero attached hydrogens (tertiary/aromatic N) is 1. The molecule has 0 saturated carbocycles. The largest absolute Gasteiger partial charge is 0.480 e. The van der Waals surface area contributed by atoms with Crippen molar-refractivity contribution in [3.63, 3.8) is 0 Å². The van der Waals surface area contributed by atoms with E-state index in [1.165, 1.54) is 0 Å². The minimum Gasteiger partial charge on any atom is -0.480 e. The lowest BCUT2D eigenvalue weighted by atomic mass is 10.1. The summed E-state index contributed by atoms with van der Waals surface area (Å²) in [7, 11) is 1.83. The number of hydrogen-bond acceptors (Lipinski definition) is 3. The summed E-state index contributed by atoms with van der Waals surface area (Å²) in [6.45, 7) is 0.613. The fourth-order valence-electron chi connectivity index (χ4n) is 1.99. The molecule has 1 heterocycles. The molecule has 0 radical (unpaired) electrons. The zero-order valence-corrected chi connectivity index (χ0v) is 12.8. The van der Waals surface area contributed by atoms with Crippen LogP contribution in [-0.4, -0.2) is 23.0 Å². The molecule has 2 rings (SSSR count). The molecular weight excluding hydrogens is 326 g/mol. The van der Waals surface area contributed by atoms with Crippen LogP contribution in [0.25, 0.3) is 0 Å². The lowest BCUT2D eigenvalue weighted by Crippen LogP contribution is -2.30. The first-order chi connectivity index (χ1) is 9.08. The summed E-state index contributed by atoms with van der Waals surface area (Å²) < 4.78 is 1.03. The molecule has 19 heavy (non-hydrogen) atoms. The van der Waals surface area contributed by atoms with Gasteiger partial charge in [-0.05, 0) is 34.6 Å². The number of aliphatic carboxylic acids is 1. The highest BCUT2D eigenvalue weighted by atomic mass is 79.9. The quantitative estimate of drug-likeness (QED) is 0.901. The number of carboxylic acid groups (broad SMARTS) is 1. The summed E-state index contributed by atoms with van der Waals surface area (Å²) >= 11 is 5.03. The number of hydrogen-bond donors (Lipinski definition) is 1. The Morgan fingerprint density at radius 2 is 2.11 bits per heavy atom. The van der Waals surface area contributed by atoms with Crippen LogP contribution < -0.4 is 0 Å². The maximum atomic E-state index is 11.5. The average molecular weight is 340 g/mol. The van der Waals surface area contributed by atoms with Crippen LogP contribution in [0.2, 0.25) is 0 Å². The highest BCUT2D eigenvalue weighted by Crippen LogP contribution is 2.25. The van der Waals surface area contributed by atoms with E-state index in [9.17, 15) is 9.90 Å². The van der Waals surface area contributed by atoms with Crippen molar-refractivity contribution in [1.29, 1.82) is 0 Å². The van der Waals surface area contributed by atoms with Gasteiger partial charge in [0.15, 0.2) is 0 Å². The van der Waals surface area contributed by atoms with Crippen LogP contribution in [0.15, 0.2) is 46.3 Å². The van der Waals surface area contributed by atoms with E-state index in [2.05, 4.69) is 15.9 Å². The molecule has 0 aliphatic rings. The molecule has 1 N–H and O–H groups in total. The second kappa shape index (κ2) is 6.32. The molecule has 5 heteroatoms. The van der Waals surface area contributed by atoms with Gasteiger partial charge >= 0.3 is 5.97 Å². The van der Waals surface area contributed by atoms with Gasteiger partial charge in [-0.15, -0.1) is 11.3 Å². The molecule has 0 amide bonds. The first-order valence-corrected chi connectivity index (χ1v) is 7.46. The van der Waals surface area contributed by atoms with E-state index in [0.717, 1.165) is 14.9 Å². The molecule has 0 bridgehead atoms. The molecule has 0 saturated heterocycles. The van der Waals surface area contributed by atoms with E-state index in [0.29, 0.717) is 6.54 Å². The fourth-order valence-corrected chi connectivity index (χ4v) is 3.51. The maximum Gasteiger partial charge on any atom is 0.325 e. The third-order valence-electron chi connectivity index (χ3n) is 2.82. The fraction of sp³-hybridized carbons (Fsp3) is 0.214. The number of thiophene rings is 1. The number of carboxylic acids is 1. The van der Waals surface area contributed by atoms with Gasteiger partial charge in [0.05, 0.1) is 0 Å². The normalized spacial score (nSPS) is 12.6. The highest BCUT2D eigenvalue weighted by molar-refractivity contribution is 9.10. The summed E-state index contributed by atoms with van der Waals surface area (Å²) in [6.07, 6.45) is 0. The van der Waals surface area contributed by atoms with Gasteiger partial charge in [0.25, 0.3) is 0 Å². The van der Waals surface area contributed by atoms with Gasteiger partial charge in [0.1, 0.15) is 6.04 Å². The first kappa shape index (κ1) is 14.2. The summed E-state index contributed by atoms with van der Waals surface area (Å²) in [5, 5.41) is 11.4. The van der Waals surface area contributed by atoms with Gasteiger partial charge in [-0.2, -0.15) is 0 Å². The SMILES string of the molecule is CN(Cc1cc(Br)cs1)C(C(=O)O)c1ccccc1. The maximum absolute atomic E-state index is 11.5. The highest BCUT2D eigenvalue weighted by Gasteiger charge is 2.24. The number of rotatable bonds is 5. The molecule has 0 fully saturated rings. The van der Waals surface area contributed by atoms with Crippen molar-refractivity contribution in [3.05, 3.63) is 56.7 Å². The molecule has 1 aromatic carbocycles. The summed E-state index contributed by atoms with van der Waals surface area (Å²) in [6, 6.07) is 10.7. The zero-order chi connectivity index (χ0) is 13.8. The van der Waals surface area contributed by atoms with Crippen molar-refractivity contribution in [1.82, 2.24) is 4.90 Å². The predicted octanol–water partition coefficient (Wildman–Crippen LogP) is 3.77. The van der Waals surface area contributed by atoms with Crippen molar-refractivity contribution in [2.45, 2.75) is 12.6 Å². The van der Waals surface area contributed by atoms with Crippen LogP contribution in [-0.2, 0) is 11.3 Å². The number of halogens is 1. The molecule has 0 aliphatic carbocycles. The topological polar surface area (TPSA) is 40.5 Å². The second-order valence-corrected chi connectivity index (χ2v) is 6.21. The molecule has 3 nitrogen and oxygen atoms in total. The van der Waals surface area contributed by atoms with E-state index < -0.39 is 12.0 Å². The first-order valence-electron chi connectivity index (χ1n) is 5.79. The number of benzene rings is 1. The van der Waals surface area contributed by atoms with Crippen LogP contribution in [0.1, 0.15) is 16.5 Å². The Morgan fingerprint density at radius 1 is 1.42 bits per heavy atom. The third kappa shape index (κ3) is 3.65. The molecule has 0 spiro atoms.